The van der Waals surface area contributed by atoms with Crippen molar-refractivity contribution in [2.45, 2.75) is 57.6 Å². The lowest BCUT2D eigenvalue weighted by atomic mass is 10.1. The first-order valence-electron chi connectivity index (χ1n) is 12.7. The van der Waals surface area contributed by atoms with Gasteiger partial charge in [-0.05, 0) is 69.2 Å². The van der Waals surface area contributed by atoms with Gasteiger partial charge in [0.2, 0.25) is 11.8 Å². The van der Waals surface area contributed by atoms with E-state index >= 15 is 0 Å². The Labute approximate surface area is 244 Å². The Kier molecular flexibility index (Phi) is 10.6. The summed E-state index contributed by atoms with van der Waals surface area (Å²) in [5.41, 5.74) is 1.43. The Morgan fingerprint density at radius 1 is 0.975 bits per heavy atom. The molecule has 3 aromatic carbocycles. The Balaban J connectivity index is 2.06. The van der Waals surface area contributed by atoms with Crippen LogP contribution in [-0.2, 0) is 26.2 Å². The van der Waals surface area contributed by atoms with E-state index < -0.39 is 40.2 Å². The van der Waals surface area contributed by atoms with Crippen molar-refractivity contribution in [2.24, 2.45) is 0 Å². The van der Waals surface area contributed by atoms with Crippen molar-refractivity contribution >= 4 is 50.7 Å². The summed E-state index contributed by atoms with van der Waals surface area (Å²) in [5.74, 6) is -1.52. The van der Waals surface area contributed by atoms with E-state index in [0.717, 1.165) is 9.87 Å². The summed E-state index contributed by atoms with van der Waals surface area (Å²) in [4.78, 5) is 28.2. The number of aryl methyl sites for hydroxylation is 1. The van der Waals surface area contributed by atoms with Gasteiger partial charge in [-0.2, -0.15) is 0 Å². The molecule has 2 amide bonds. The summed E-state index contributed by atoms with van der Waals surface area (Å²) in [6.45, 7) is 6.41. The number of nitrogens with zero attached hydrogens (tertiary/aromatic N) is 2. The summed E-state index contributed by atoms with van der Waals surface area (Å²) >= 11 is 12.7. The number of halogens is 3. The van der Waals surface area contributed by atoms with Gasteiger partial charge in [-0.1, -0.05) is 66.0 Å². The van der Waals surface area contributed by atoms with Crippen LogP contribution in [0.4, 0.5) is 10.1 Å². The van der Waals surface area contributed by atoms with Gasteiger partial charge in [-0.3, -0.25) is 13.9 Å². The molecule has 3 aromatic rings. The summed E-state index contributed by atoms with van der Waals surface area (Å²) in [6.07, 6.45) is 0.681. The number of carbonyl (C=O) groups excluding carboxylic acids is 2. The Morgan fingerprint density at radius 2 is 1.60 bits per heavy atom. The lowest BCUT2D eigenvalue weighted by Crippen LogP contribution is -2.52. The minimum absolute atomic E-state index is 0.0153. The standard InChI is InChI=1S/C29H32Cl2FN3O4S/c1-5-20(3)33-29(37)21(4)34(17-22-11-13-23(32)14-12-22)27(36)18-35(26-8-6-7-25(30)28(26)31)40(38,39)24-15-9-19(2)10-16-24/h6-16,20-21H,5,17-18H2,1-4H3,(H,33,37)/t20-,21+/m0/s1. The van der Waals surface area contributed by atoms with Crippen molar-refractivity contribution in [1.29, 1.82) is 0 Å². The molecule has 0 aliphatic rings. The Morgan fingerprint density at radius 3 is 2.20 bits per heavy atom. The number of amides is 2. The Hall–Kier alpha value is -3.14. The van der Waals surface area contributed by atoms with Crippen molar-refractivity contribution in [3.8, 4) is 0 Å². The number of anilines is 1. The van der Waals surface area contributed by atoms with Crippen molar-refractivity contribution in [3.63, 3.8) is 0 Å². The molecule has 0 aliphatic heterocycles. The van der Waals surface area contributed by atoms with Gasteiger partial charge in [0.05, 0.1) is 20.6 Å². The summed E-state index contributed by atoms with van der Waals surface area (Å²) in [7, 11) is -4.29. The van der Waals surface area contributed by atoms with Crippen LogP contribution in [0.15, 0.2) is 71.6 Å². The fourth-order valence-electron chi connectivity index (χ4n) is 3.87. The predicted molar refractivity (Wildman–Crippen MR) is 156 cm³/mol. The molecule has 0 saturated carbocycles. The third kappa shape index (κ3) is 7.53. The SMILES string of the molecule is CC[C@H](C)NC(=O)[C@@H](C)N(Cc1ccc(F)cc1)C(=O)CN(c1cccc(Cl)c1Cl)S(=O)(=O)c1ccc(C)cc1. The molecule has 40 heavy (non-hydrogen) atoms. The number of carbonyl (C=O) groups is 2. The van der Waals surface area contributed by atoms with Crippen LogP contribution in [0.1, 0.15) is 38.3 Å². The molecule has 0 aromatic heterocycles. The average Bonchev–Trinajstić information content (AvgIpc) is 2.92. The van der Waals surface area contributed by atoms with Crippen LogP contribution >= 0.6 is 23.2 Å². The van der Waals surface area contributed by atoms with Crippen LogP contribution in [0.5, 0.6) is 0 Å². The lowest BCUT2D eigenvalue weighted by Gasteiger charge is -2.32. The van der Waals surface area contributed by atoms with E-state index in [1.54, 1.807) is 19.1 Å². The van der Waals surface area contributed by atoms with Crippen molar-refractivity contribution in [3.05, 3.63) is 93.7 Å². The predicted octanol–water partition coefficient (Wildman–Crippen LogP) is 5.97. The Bertz CT molecular complexity index is 1450. The van der Waals surface area contributed by atoms with Crippen LogP contribution < -0.4 is 9.62 Å². The highest BCUT2D eigenvalue weighted by atomic mass is 35.5. The second-order valence-corrected chi connectivity index (χ2v) is 12.2. The molecular weight excluding hydrogens is 576 g/mol. The zero-order valence-corrected chi connectivity index (χ0v) is 25.0. The number of nitrogens with one attached hydrogen (secondary N) is 1. The molecule has 7 nitrogen and oxygen atoms in total. The summed E-state index contributed by atoms with van der Waals surface area (Å²) in [5, 5.41) is 2.93. The molecule has 0 fully saturated rings. The number of rotatable bonds is 11. The normalized spacial score (nSPS) is 12.9. The fourth-order valence-corrected chi connectivity index (χ4v) is 5.74. The molecule has 0 saturated heterocycles. The summed E-state index contributed by atoms with van der Waals surface area (Å²) in [6, 6.07) is 15.1. The molecule has 0 spiro atoms. The first-order valence-corrected chi connectivity index (χ1v) is 14.9. The molecule has 0 aliphatic carbocycles. The van der Waals surface area contributed by atoms with E-state index in [1.165, 1.54) is 59.5 Å². The van der Waals surface area contributed by atoms with Gasteiger partial charge in [-0.15, -0.1) is 0 Å². The molecule has 0 radical (unpaired) electrons. The van der Waals surface area contributed by atoms with Crippen molar-refractivity contribution < 1.29 is 22.4 Å². The molecule has 0 bridgehead atoms. The number of hydrogen-bond donors (Lipinski definition) is 1. The molecular formula is C29H32Cl2FN3O4S. The van der Waals surface area contributed by atoms with Crippen molar-refractivity contribution in [2.75, 3.05) is 10.8 Å². The van der Waals surface area contributed by atoms with Crippen molar-refractivity contribution in [1.82, 2.24) is 10.2 Å². The van der Waals surface area contributed by atoms with Crippen LogP contribution in [0.25, 0.3) is 0 Å². The first kappa shape index (κ1) is 31.4. The second-order valence-electron chi connectivity index (χ2n) is 9.54. The van der Waals surface area contributed by atoms with Crippen LogP contribution in [0.2, 0.25) is 10.0 Å². The monoisotopic (exact) mass is 607 g/mol. The van der Waals surface area contributed by atoms with E-state index in [2.05, 4.69) is 5.32 Å². The average molecular weight is 609 g/mol. The quantitative estimate of drug-likeness (QED) is 0.291. The van der Waals surface area contributed by atoms with E-state index in [4.69, 9.17) is 23.2 Å². The van der Waals surface area contributed by atoms with Gasteiger partial charge < -0.3 is 10.2 Å². The highest BCUT2D eigenvalue weighted by Gasteiger charge is 2.34. The maximum Gasteiger partial charge on any atom is 0.264 e. The second kappa shape index (κ2) is 13.5. The molecule has 2 atom stereocenters. The van der Waals surface area contributed by atoms with Gasteiger partial charge in [0, 0.05) is 12.6 Å². The number of hydrogen-bond acceptors (Lipinski definition) is 4. The molecule has 11 heteroatoms. The molecule has 0 heterocycles. The van der Waals surface area contributed by atoms with Crippen LogP contribution in [0.3, 0.4) is 0 Å². The third-order valence-corrected chi connectivity index (χ3v) is 9.11. The lowest BCUT2D eigenvalue weighted by molar-refractivity contribution is -0.139. The zero-order chi connectivity index (χ0) is 29.6. The van der Waals surface area contributed by atoms with E-state index in [0.29, 0.717) is 12.0 Å². The minimum atomic E-state index is -4.29. The molecule has 214 valence electrons. The highest BCUT2D eigenvalue weighted by molar-refractivity contribution is 7.92. The van der Waals surface area contributed by atoms with Gasteiger partial charge in [0.25, 0.3) is 10.0 Å². The third-order valence-electron chi connectivity index (χ3n) is 6.52. The first-order chi connectivity index (χ1) is 18.8. The van der Waals surface area contributed by atoms with Gasteiger partial charge in [0.1, 0.15) is 18.4 Å². The smallest absolute Gasteiger partial charge is 0.264 e. The fraction of sp³-hybridized carbons (Fsp3) is 0.310. The van der Waals surface area contributed by atoms with E-state index in [-0.39, 0.29) is 33.2 Å². The molecule has 1 N–H and O–H groups in total. The summed E-state index contributed by atoms with van der Waals surface area (Å²) < 4.78 is 42.2. The number of benzene rings is 3. The zero-order valence-electron chi connectivity index (χ0n) is 22.7. The topological polar surface area (TPSA) is 86.8 Å². The molecule has 3 rings (SSSR count). The largest absolute Gasteiger partial charge is 0.352 e. The minimum Gasteiger partial charge on any atom is -0.352 e. The van der Waals surface area contributed by atoms with E-state index in [1.807, 2.05) is 20.8 Å². The van der Waals surface area contributed by atoms with Crippen LogP contribution in [-0.4, -0.2) is 43.8 Å². The van der Waals surface area contributed by atoms with Gasteiger partial charge >= 0.3 is 0 Å². The molecule has 0 unspecified atom stereocenters. The maximum absolute atomic E-state index is 13.9. The van der Waals surface area contributed by atoms with Crippen LogP contribution in [0, 0.1) is 12.7 Å². The van der Waals surface area contributed by atoms with Gasteiger partial charge in [0.15, 0.2) is 0 Å². The highest BCUT2D eigenvalue weighted by Crippen LogP contribution is 2.35. The number of sulfonamides is 1. The van der Waals surface area contributed by atoms with Gasteiger partial charge in [-0.25, -0.2) is 12.8 Å². The van der Waals surface area contributed by atoms with E-state index in [9.17, 15) is 22.4 Å². The maximum atomic E-state index is 13.9.